The average molecular weight is 314 g/mol. The molecule has 0 saturated carbocycles. The molecule has 3 rings (SSSR count). The van der Waals surface area contributed by atoms with E-state index in [0.717, 1.165) is 43.9 Å². The second-order valence-electron chi connectivity index (χ2n) is 6.03. The van der Waals surface area contributed by atoms with Gasteiger partial charge in [-0.1, -0.05) is 0 Å². The molecule has 0 aliphatic carbocycles. The highest BCUT2D eigenvalue weighted by atomic mass is 16.2. The molecular weight excluding hydrogens is 292 g/mol. The lowest BCUT2D eigenvalue weighted by molar-refractivity contribution is 0.0672. The molecule has 1 aliphatic heterocycles. The van der Waals surface area contributed by atoms with Crippen molar-refractivity contribution in [1.29, 1.82) is 0 Å². The first-order chi connectivity index (χ1) is 11.2. The molecule has 0 radical (unpaired) electrons. The van der Waals surface area contributed by atoms with Gasteiger partial charge in [-0.05, 0) is 37.3 Å². The summed E-state index contributed by atoms with van der Waals surface area (Å²) in [6.07, 6.45) is 6.40. The highest BCUT2D eigenvalue weighted by Gasteiger charge is 2.25. The molecule has 1 aliphatic rings. The maximum Gasteiger partial charge on any atom is 0.257 e. The molecule has 2 aromatic heterocycles. The van der Waals surface area contributed by atoms with Crippen molar-refractivity contribution < 1.29 is 4.79 Å². The minimum atomic E-state index is 0.0689. The number of aromatic nitrogens is 4. The summed E-state index contributed by atoms with van der Waals surface area (Å²) in [5.41, 5.74) is 1.64. The van der Waals surface area contributed by atoms with Crippen LogP contribution < -0.4 is 5.32 Å². The molecule has 3 heterocycles. The van der Waals surface area contributed by atoms with Gasteiger partial charge in [-0.2, -0.15) is 10.2 Å². The fraction of sp³-hybridized carbons (Fsp3) is 0.500. The van der Waals surface area contributed by atoms with Crippen LogP contribution in [0.2, 0.25) is 0 Å². The highest BCUT2D eigenvalue weighted by molar-refractivity contribution is 5.93. The van der Waals surface area contributed by atoms with Crippen LogP contribution in [0.1, 0.15) is 28.9 Å². The second-order valence-corrected chi connectivity index (χ2v) is 6.03. The molecule has 2 aromatic rings. The Morgan fingerprint density at radius 3 is 2.91 bits per heavy atom. The normalized spacial score (nSPS) is 18.0. The molecule has 7 heteroatoms. The number of rotatable bonds is 4. The van der Waals surface area contributed by atoms with Crippen molar-refractivity contribution in [2.24, 2.45) is 13.0 Å². The number of nitrogens with zero attached hydrogens (tertiary/aromatic N) is 5. The van der Waals surface area contributed by atoms with Gasteiger partial charge in [-0.25, -0.2) is 0 Å². The number of hydrogen-bond acceptors (Lipinski definition) is 5. The zero-order valence-corrected chi connectivity index (χ0v) is 13.6. The summed E-state index contributed by atoms with van der Waals surface area (Å²) < 4.78 is 1.66. The number of carbonyl (C=O) groups excluding carboxylic acids is 1. The van der Waals surface area contributed by atoms with Gasteiger partial charge in [0.2, 0.25) is 0 Å². The Morgan fingerprint density at radius 2 is 2.26 bits per heavy atom. The molecule has 1 unspecified atom stereocenters. The zero-order valence-electron chi connectivity index (χ0n) is 13.6. The van der Waals surface area contributed by atoms with Gasteiger partial charge in [-0.15, -0.1) is 5.10 Å². The third-order valence-corrected chi connectivity index (χ3v) is 4.23. The number of nitrogens with one attached hydrogen (secondary N) is 1. The molecule has 1 N–H and O–H groups in total. The van der Waals surface area contributed by atoms with E-state index in [1.807, 2.05) is 31.1 Å². The van der Waals surface area contributed by atoms with Gasteiger partial charge in [0.05, 0.1) is 17.5 Å². The number of carbonyl (C=O) groups is 1. The van der Waals surface area contributed by atoms with Crippen LogP contribution in [0.3, 0.4) is 0 Å². The topological polar surface area (TPSA) is 75.9 Å². The summed E-state index contributed by atoms with van der Waals surface area (Å²) in [5, 5.41) is 15.4. The predicted molar refractivity (Wildman–Crippen MR) is 87.1 cm³/mol. The summed E-state index contributed by atoms with van der Waals surface area (Å²) in [5.74, 6) is 1.27. The van der Waals surface area contributed by atoms with Crippen LogP contribution in [0.25, 0.3) is 0 Å². The maximum absolute atomic E-state index is 12.5. The molecule has 1 atom stereocenters. The van der Waals surface area contributed by atoms with Crippen molar-refractivity contribution in [2.45, 2.75) is 19.3 Å². The summed E-state index contributed by atoms with van der Waals surface area (Å²) in [6.45, 7) is 1.58. The number of likely N-dealkylation sites (tertiary alicyclic amines) is 1. The van der Waals surface area contributed by atoms with Crippen molar-refractivity contribution in [2.75, 3.05) is 25.5 Å². The van der Waals surface area contributed by atoms with E-state index in [0.29, 0.717) is 11.5 Å². The molecule has 0 aromatic carbocycles. The van der Waals surface area contributed by atoms with Crippen LogP contribution >= 0.6 is 0 Å². The lowest BCUT2D eigenvalue weighted by Gasteiger charge is -2.32. The average Bonchev–Trinajstić information content (AvgIpc) is 3.01. The molecule has 0 bridgehead atoms. The monoisotopic (exact) mass is 314 g/mol. The highest BCUT2D eigenvalue weighted by Crippen LogP contribution is 2.21. The predicted octanol–water partition coefficient (Wildman–Crippen LogP) is 1.35. The lowest BCUT2D eigenvalue weighted by atomic mass is 9.93. The first-order valence-electron chi connectivity index (χ1n) is 7.94. The van der Waals surface area contributed by atoms with Gasteiger partial charge in [-0.3, -0.25) is 9.48 Å². The van der Waals surface area contributed by atoms with Crippen LogP contribution in [0.5, 0.6) is 0 Å². The van der Waals surface area contributed by atoms with Crippen LogP contribution in [0, 0.1) is 5.92 Å². The summed E-state index contributed by atoms with van der Waals surface area (Å²) in [7, 11) is 3.65. The van der Waals surface area contributed by atoms with Crippen molar-refractivity contribution in [3.8, 4) is 0 Å². The zero-order chi connectivity index (χ0) is 16.2. The van der Waals surface area contributed by atoms with E-state index in [1.165, 1.54) is 0 Å². The summed E-state index contributed by atoms with van der Waals surface area (Å²) in [6, 6.07) is 3.93. The van der Waals surface area contributed by atoms with E-state index >= 15 is 0 Å². The Balaban J connectivity index is 1.62. The largest absolute Gasteiger partial charge is 0.372 e. The Kier molecular flexibility index (Phi) is 4.55. The van der Waals surface area contributed by atoms with Crippen LogP contribution in [0.15, 0.2) is 24.5 Å². The Hall–Kier alpha value is -2.44. The molecular formula is C16H22N6O. The van der Waals surface area contributed by atoms with Crippen molar-refractivity contribution in [3.63, 3.8) is 0 Å². The second kappa shape index (κ2) is 6.76. The van der Waals surface area contributed by atoms with E-state index in [9.17, 15) is 4.79 Å². The standard InChI is InChI=1S/C16H22N6O/c1-17-15-6-5-14(19-20-15)8-12-4-3-7-22(10-12)16(23)13-9-18-21(2)11-13/h5-6,9,11-12H,3-4,7-8,10H2,1-2H3,(H,17,20). The van der Waals surface area contributed by atoms with Gasteiger partial charge in [0.25, 0.3) is 5.91 Å². The third-order valence-electron chi connectivity index (χ3n) is 4.23. The van der Waals surface area contributed by atoms with Crippen LogP contribution in [0.4, 0.5) is 5.82 Å². The Labute approximate surface area is 135 Å². The third kappa shape index (κ3) is 3.67. The maximum atomic E-state index is 12.5. The SMILES string of the molecule is CNc1ccc(CC2CCCN(C(=O)c3cnn(C)c3)C2)nn1. The van der Waals surface area contributed by atoms with Crippen molar-refractivity contribution in [1.82, 2.24) is 24.9 Å². The smallest absolute Gasteiger partial charge is 0.257 e. The van der Waals surface area contributed by atoms with Crippen molar-refractivity contribution in [3.05, 3.63) is 35.8 Å². The molecule has 7 nitrogen and oxygen atoms in total. The van der Waals surface area contributed by atoms with E-state index in [4.69, 9.17) is 0 Å². The van der Waals surface area contributed by atoms with Crippen LogP contribution in [-0.4, -0.2) is 50.9 Å². The number of aryl methyl sites for hydroxylation is 1. The number of piperidine rings is 1. The molecule has 1 amide bonds. The van der Waals surface area contributed by atoms with Gasteiger partial charge < -0.3 is 10.2 Å². The van der Waals surface area contributed by atoms with E-state index in [1.54, 1.807) is 17.1 Å². The Morgan fingerprint density at radius 1 is 1.39 bits per heavy atom. The molecule has 1 fully saturated rings. The summed E-state index contributed by atoms with van der Waals surface area (Å²) in [4.78, 5) is 14.5. The lowest BCUT2D eigenvalue weighted by Crippen LogP contribution is -2.40. The number of hydrogen-bond donors (Lipinski definition) is 1. The van der Waals surface area contributed by atoms with Gasteiger partial charge in [0, 0.05) is 33.4 Å². The number of amides is 1. The van der Waals surface area contributed by atoms with Crippen LogP contribution in [-0.2, 0) is 13.5 Å². The number of anilines is 1. The van der Waals surface area contributed by atoms with Gasteiger partial charge in [0.1, 0.15) is 5.82 Å². The molecule has 23 heavy (non-hydrogen) atoms. The fourth-order valence-corrected chi connectivity index (χ4v) is 3.03. The minimum Gasteiger partial charge on any atom is -0.372 e. The summed E-state index contributed by atoms with van der Waals surface area (Å²) >= 11 is 0. The van der Waals surface area contributed by atoms with E-state index in [2.05, 4.69) is 20.6 Å². The van der Waals surface area contributed by atoms with E-state index < -0.39 is 0 Å². The van der Waals surface area contributed by atoms with E-state index in [-0.39, 0.29) is 5.91 Å². The minimum absolute atomic E-state index is 0.0689. The Bertz CT molecular complexity index is 665. The van der Waals surface area contributed by atoms with Crippen molar-refractivity contribution >= 4 is 11.7 Å². The first-order valence-corrected chi connectivity index (χ1v) is 7.94. The fourth-order valence-electron chi connectivity index (χ4n) is 3.03. The molecule has 1 saturated heterocycles. The first kappa shape index (κ1) is 15.5. The van der Waals surface area contributed by atoms with Gasteiger partial charge >= 0.3 is 0 Å². The molecule has 0 spiro atoms. The molecule has 122 valence electrons. The van der Waals surface area contributed by atoms with Gasteiger partial charge in [0.15, 0.2) is 0 Å². The quantitative estimate of drug-likeness (QED) is 0.922.